The van der Waals surface area contributed by atoms with Crippen molar-refractivity contribution < 1.29 is 0 Å². The number of hydrogen-bond acceptors (Lipinski definition) is 4. The van der Waals surface area contributed by atoms with Crippen LogP contribution in [0.25, 0.3) is 0 Å². The zero-order chi connectivity index (χ0) is 9.68. The number of thiazole rings is 1. The van der Waals surface area contributed by atoms with Crippen molar-refractivity contribution >= 4 is 22.9 Å². The number of nitrogens with one attached hydrogen (secondary N) is 1. The molecule has 1 atom stereocenters. The fourth-order valence-corrected chi connectivity index (χ4v) is 1.70. The van der Waals surface area contributed by atoms with Crippen molar-refractivity contribution in [1.82, 2.24) is 10.3 Å². The van der Waals surface area contributed by atoms with E-state index in [4.69, 9.17) is 23.3 Å². The van der Waals surface area contributed by atoms with Gasteiger partial charge in [-0.3, -0.25) is 5.32 Å². The van der Waals surface area contributed by atoms with Crippen molar-refractivity contribution in [1.29, 1.82) is 5.26 Å². The Balaban J connectivity index is 2.69. The van der Waals surface area contributed by atoms with Crippen molar-refractivity contribution in [2.75, 3.05) is 6.54 Å². The Kier molecular flexibility index (Phi) is 3.72. The van der Waals surface area contributed by atoms with E-state index >= 15 is 0 Å². The van der Waals surface area contributed by atoms with Crippen molar-refractivity contribution in [2.24, 2.45) is 0 Å². The van der Waals surface area contributed by atoms with Gasteiger partial charge in [-0.05, 0) is 0 Å². The smallest absolute Gasteiger partial charge is 0.148 e. The Morgan fingerprint density at radius 3 is 3.08 bits per heavy atom. The lowest BCUT2D eigenvalue weighted by Gasteiger charge is -2.03. The third-order valence-electron chi connectivity index (χ3n) is 1.28. The molecule has 1 heterocycles. The number of halogens is 1. The Morgan fingerprint density at radius 2 is 2.62 bits per heavy atom. The average Bonchev–Trinajstić information content (AvgIpc) is 2.54. The Bertz CT molecular complexity index is 360. The van der Waals surface area contributed by atoms with Gasteiger partial charge < -0.3 is 0 Å². The van der Waals surface area contributed by atoms with Crippen molar-refractivity contribution in [2.45, 2.75) is 6.04 Å². The second kappa shape index (κ2) is 4.84. The summed E-state index contributed by atoms with van der Waals surface area (Å²) in [5, 5.41) is 12.2. The Labute approximate surface area is 85.4 Å². The van der Waals surface area contributed by atoms with Crippen LogP contribution in [0.3, 0.4) is 0 Å². The summed E-state index contributed by atoms with van der Waals surface area (Å²) in [5.41, 5.74) is 0. The summed E-state index contributed by atoms with van der Waals surface area (Å²) in [6, 6.07) is 1.58. The fourth-order valence-electron chi connectivity index (χ4n) is 0.750. The lowest BCUT2D eigenvalue weighted by atomic mass is 10.3. The number of aromatic nitrogens is 1. The molecule has 0 aromatic carbocycles. The molecule has 3 nitrogen and oxygen atoms in total. The Morgan fingerprint density at radius 1 is 1.85 bits per heavy atom. The second-order valence-electron chi connectivity index (χ2n) is 2.15. The standard InChI is InChI=1S/C8H6ClN3S/c1-2-3-11-6(4-10)8-12-5-7(9)13-8/h1,5-6,11H,3H2. The van der Waals surface area contributed by atoms with Gasteiger partial charge in [0.25, 0.3) is 0 Å². The second-order valence-corrected chi connectivity index (χ2v) is 3.84. The SMILES string of the molecule is C#CCNC(C#N)c1ncc(Cl)s1. The zero-order valence-corrected chi connectivity index (χ0v) is 8.19. The topological polar surface area (TPSA) is 48.7 Å². The third kappa shape index (κ3) is 2.71. The zero-order valence-electron chi connectivity index (χ0n) is 6.62. The van der Waals surface area contributed by atoms with Crippen molar-refractivity contribution in [3.05, 3.63) is 15.5 Å². The highest BCUT2D eigenvalue weighted by Crippen LogP contribution is 2.23. The molecule has 5 heteroatoms. The monoisotopic (exact) mass is 211 g/mol. The predicted molar refractivity (Wildman–Crippen MR) is 52.3 cm³/mol. The molecule has 13 heavy (non-hydrogen) atoms. The first-order valence-electron chi connectivity index (χ1n) is 3.45. The summed E-state index contributed by atoms with van der Waals surface area (Å²) in [6.45, 7) is 0.343. The highest BCUT2D eigenvalue weighted by atomic mass is 35.5. The largest absolute Gasteiger partial charge is 0.285 e. The quantitative estimate of drug-likeness (QED) is 0.773. The normalized spacial score (nSPS) is 11.6. The van der Waals surface area contributed by atoms with Crippen LogP contribution in [0.2, 0.25) is 4.34 Å². The van der Waals surface area contributed by atoms with E-state index in [1.807, 2.05) is 6.07 Å². The molecule has 0 bridgehead atoms. The molecule has 0 aliphatic carbocycles. The van der Waals surface area contributed by atoms with Crippen LogP contribution in [0.5, 0.6) is 0 Å². The van der Waals surface area contributed by atoms with E-state index in [1.54, 1.807) is 0 Å². The van der Waals surface area contributed by atoms with Gasteiger partial charge in [0.15, 0.2) is 0 Å². The maximum atomic E-state index is 8.76. The fraction of sp³-hybridized carbons (Fsp3) is 0.250. The molecule has 1 rings (SSSR count). The average molecular weight is 212 g/mol. The highest BCUT2D eigenvalue weighted by molar-refractivity contribution is 7.15. The third-order valence-corrected chi connectivity index (χ3v) is 2.46. The molecule has 1 unspecified atom stereocenters. The molecule has 0 aliphatic rings. The highest BCUT2D eigenvalue weighted by Gasteiger charge is 2.12. The van der Waals surface area contributed by atoms with E-state index in [9.17, 15) is 0 Å². The number of nitriles is 1. The summed E-state index contributed by atoms with van der Waals surface area (Å²) >= 11 is 6.95. The van der Waals surface area contributed by atoms with E-state index in [0.29, 0.717) is 15.9 Å². The van der Waals surface area contributed by atoms with Crippen LogP contribution in [-0.2, 0) is 0 Å². The van der Waals surface area contributed by atoms with E-state index in [1.165, 1.54) is 17.5 Å². The summed E-state index contributed by atoms with van der Waals surface area (Å²) in [5.74, 6) is 2.39. The summed E-state index contributed by atoms with van der Waals surface area (Å²) in [4.78, 5) is 3.97. The van der Waals surface area contributed by atoms with Crippen LogP contribution in [-0.4, -0.2) is 11.5 Å². The molecule has 0 saturated heterocycles. The molecule has 0 fully saturated rings. The van der Waals surface area contributed by atoms with Gasteiger partial charge >= 0.3 is 0 Å². The van der Waals surface area contributed by atoms with Crippen molar-refractivity contribution in [3.63, 3.8) is 0 Å². The number of hydrogen-bond donors (Lipinski definition) is 1. The number of rotatable bonds is 3. The van der Waals surface area contributed by atoms with Gasteiger partial charge in [0.2, 0.25) is 0 Å². The van der Waals surface area contributed by atoms with Gasteiger partial charge in [0.1, 0.15) is 15.4 Å². The molecule has 0 amide bonds. The lowest BCUT2D eigenvalue weighted by Crippen LogP contribution is -2.19. The molecule has 1 N–H and O–H groups in total. The predicted octanol–water partition coefficient (Wildman–Crippen LogP) is 1.58. The van der Waals surface area contributed by atoms with Gasteiger partial charge in [-0.15, -0.1) is 17.8 Å². The van der Waals surface area contributed by atoms with Crippen LogP contribution >= 0.6 is 22.9 Å². The first kappa shape index (κ1) is 10.0. The first-order valence-corrected chi connectivity index (χ1v) is 4.65. The number of terminal acetylenes is 1. The van der Waals surface area contributed by atoms with Crippen LogP contribution in [0.1, 0.15) is 11.0 Å². The number of nitrogens with zero attached hydrogens (tertiary/aromatic N) is 2. The maximum Gasteiger partial charge on any atom is 0.148 e. The molecule has 0 radical (unpaired) electrons. The molecule has 66 valence electrons. The summed E-state index contributed by atoms with van der Waals surface area (Å²) < 4.78 is 0.567. The minimum atomic E-state index is -0.464. The minimum Gasteiger partial charge on any atom is -0.285 e. The molecule has 1 aromatic heterocycles. The first-order chi connectivity index (χ1) is 6.27. The molecule has 0 saturated carbocycles. The van der Waals surface area contributed by atoms with Crippen LogP contribution in [0.15, 0.2) is 6.20 Å². The molecule has 0 aliphatic heterocycles. The summed E-state index contributed by atoms with van der Waals surface area (Å²) in [7, 11) is 0. The van der Waals surface area contributed by atoms with E-state index in [2.05, 4.69) is 16.2 Å². The molecular formula is C8H6ClN3S. The van der Waals surface area contributed by atoms with Gasteiger partial charge in [-0.25, -0.2) is 4.98 Å². The van der Waals surface area contributed by atoms with Gasteiger partial charge in [-0.2, -0.15) is 5.26 Å². The minimum absolute atomic E-state index is 0.343. The van der Waals surface area contributed by atoms with Gasteiger partial charge in [-0.1, -0.05) is 17.5 Å². The van der Waals surface area contributed by atoms with Crippen molar-refractivity contribution in [3.8, 4) is 18.4 Å². The lowest BCUT2D eigenvalue weighted by molar-refractivity contribution is 0.686. The van der Waals surface area contributed by atoms with E-state index in [0.717, 1.165) is 0 Å². The van der Waals surface area contributed by atoms with E-state index in [-0.39, 0.29) is 0 Å². The summed E-state index contributed by atoms with van der Waals surface area (Å²) in [6.07, 6.45) is 6.57. The van der Waals surface area contributed by atoms with Crippen LogP contribution < -0.4 is 5.32 Å². The molecule has 1 aromatic rings. The van der Waals surface area contributed by atoms with Gasteiger partial charge in [0.05, 0.1) is 18.8 Å². The molecular weight excluding hydrogens is 206 g/mol. The van der Waals surface area contributed by atoms with Crippen LogP contribution in [0, 0.1) is 23.7 Å². The van der Waals surface area contributed by atoms with E-state index < -0.39 is 6.04 Å². The molecule has 0 spiro atoms. The van der Waals surface area contributed by atoms with Crippen LogP contribution in [0.4, 0.5) is 0 Å². The maximum absolute atomic E-state index is 8.76. The Hall–Kier alpha value is -1.07. The van der Waals surface area contributed by atoms with Gasteiger partial charge in [0, 0.05) is 0 Å².